The molecule has 0 aliphatic carbocycles. The lowest BCUT2D eigenvalue weighted by Gasteiger charge is -2.27. The molecule has 0 unspecified atom stereocenters. The van der Waals surface area contributed by atoms with Crippen LogP contribution in [0.2, 0.25) is 0 Å². The predicted molar refractivity (Wildman–Crippen MR) is 120 cm³/mol. The van der Waals surface area contributed by atoms with Crippen LogP contribution in [0.15, 0.2) is 30.3 Å². The number of benzene rings is 2. The lowest BCUT2D eigenvalue weighted by molar-refractivity contribution is -0.118. The van der Waals surface area contributed by atoms with E-state index in [-0.39, 0.29) is 24.6 Å². The van der Waals surface area contributed by atoms with Gasteiger partial charge in [-0.15, -0.1) is 0 Å². The van der Waals surface area contributed by atoms with Crippen molar-refractivity contribution < 1.29 is 27.8 Å². The zero-order valence-electron chi connectivity index (χ0n) is 17.9. The number of rotatable bonds is 7. The van der Waals surface area contributed by atoms with Crippen LogP contribution in [0.5, 0.6) is 11.5 Å². The summed E-state index contributed by atoms with van der Waals surface area (Å²) in [5, 5.41) is 0.363. The van der Waals surface area contributed by atoms with Gasteiger partial charge in [-0.05, 0) is 30.2 Å². The zero-order valence-corrected chi connectivity index (χ0v) is 18.7. The summed E-state index contributed by atoms with van der Waals surface area (Å²) in [7, 11) is 0. The normalized spacial score (nSPS) is 15.8. The highest BCUT2D eigenvalue weighted by atomic mass is 32.1. The van der Waals surface area contributed by atoms with Crippen molar-refractivity contribution in [3.8, 4) is 11.5 Å². The largest absolute Gasteiger partial charge is 0.454 e. The van der Waals surface area contributed by atoms with Gasteiger partial charge in [0.25, 0.3) is 0 Å². The average Bonchev–Trinajstić information content (AvgIpc) is 3.44. The monoisotopic (exact) mass is 475 g/mol. The van der Waals surface area contributed by atoms with Crippen molar-refractivity contribution in [3.63, 3.8) is 0 Å². The Kier molecular flexibility index (Phi) is 6.39. The molecule has 1 fully saturated rings. The second-order valence-corrected chi connectivity index (χ2v) is 8.96. The summed E-state index contributed by atoms with van der Waals surface area (Å²) in [5.41, 5.74) is 0.853. The fourth-order valence-corrected chi connectivity index (χ4v) is 5.03. The summed E-state index contributed by atoms with van der Waals surface area (Å²) < 4.78 is 44.4. The Morgan fingerprint density at radius 3 is 2.79 bits per heavy atom. The number of anilines is 1. The second-order valence-electron chi connectivity index (χ2n) is 7.95. The number of hydrogen-bond donors (Lipinski definition) is 0. The van der Waals surface area contributed by atoms with Gasteiger partial charge in [0.1, 0.15) is 11.3 Å². The molecule has 2 aromatic carbocycles. The molecule has 0 N–H and O–H groups in total. The van der Waals surface area contributed by atoms with Gasteiger partial charge < -0.3 is 14.2 Å². The van der Waals surface area contributed by atoms with Crippen LogP contribution in [0.4, 0.5) is 13.9 Å². The summed E-state index contributed by atoms with van der Waals surface area (Å²) in [6, 6.07) is 7.45. The summed E-state index contributed by atoms with van der Waals surface area (Å²) in [4.78, 5) is 21.6. The third kappa shape index (κ3) is 4.92. The summed E-state index contributed by atoms with van der Waals surface area (Å²) in [6.45, 7) is 4.52. The Morgan fingerprint density at radius 1 is 1.12 bits per heavy atom. The predicted octanol–water partition coefficient (Wildman–Crippen LogP) is 3.60. The first-order valence-electron chi connectivity index (χ1n) is 10.8. The van der Waals surface area contributed by atoms with Gasteiger partial charge >= 0.3 is 0 Å². The highest BCUT2D eigenvalue weighted by molar-refractivity contribution is 7.22. The van der Waals surface area contributed by atoms with Gasteiger partial charge in [0.15, 0.2) is 22.4 Å². The number of halogens is 2. The van der Waals surface area contributed by atoms with Crippen LogP contribution in [0, 0.1) is 11.6 Å². The van der Waals surface area contributed by atoms with Crippen molar-refractivity contribution in [1.29, 1.82) is 0 Å². The van der Waals surface area contributed by atoms with Gasteiger partial charge in [-0.2, -0.15) is 0 Å². The Hall–Kier alpha value is -2.82. The van der Waals surface area contributed by atoms with E-state index < -0.39 is 11.6 Å². The molecule has 2 aliphatic heterocycles. The molecule has 0 saturated carbocycles. The van der Waals surface area contributed by atoms with Crippen LogP contribution in [0.25, 0.3) is 10.2 Å². The van der Waals surface area contributed by atoms with Crippen LogP contribution in [0.1, 0.15) is 12.0 Å². The number of ether oxygens (including phenoxy) is 3. The molecule has 10 heteroatoms. The van der Waals surface area contributed by atoms with Crippen LogP contribution in [-0.4, -0.2) is 62.0 Å². The Bertz CT molecular complexity index is 1170. The molecule has 0 atom stereocenters. The minimum Gasteiger partial charge on any atom is -0.454 e. The standard InChI is InChI=1S/C23H23F2N3O4S/c24-16-12-17(25)22-20(13-16)33-23(26-22)28(5-1-4-27-6-8-30-9-7-27)21(29)11-15-2-3-18-19(10-15)32-14-31-18/h2-3,10,12-13H,1,4-9,11,14H2. The molecule has 174 valence electrons. The minimum absolute atomic E-state index is 0.0745. The second kappa shape index (κ2) is 9.58. The number of carbonyl (C=O) groups is 1. The molecule has 33 heavy (non-hydrogen) atoms. The van der Waals surface area contributed by atoms with Crippen LogP contribution in [-0.2, 0) is 16.0 Å². The van der Waals surface area contributed by atoms with Crippen molar-refractivity contribution in [2.75, 3.05) is 51.1 Å². The van der Waals surface area contributed by atoms with E-state index in [0.29, 0.717) is 41.1 Å². The van der Waals surface area contributed by atoms with Gasteiger partial charge in [0, 0.05) is 32.2 Å². The van der Waals surface area contributed by atoms with Gasteiger partial charge in [-0.25, -0.2) is 13.8 Å². The lowest BCUT2D eigenvalue weighted by atomic mass is 10.1. The number of nitrogens with zero attached hydrogens (tertiary/aromatic N) is 3. The molecule has 3 heterocycles. The number of hydrogen-bond acceptors (Lipinski definition) is 7. The Labute approximate surface area is 193 Å². The highest BCUT2D eigenvalue weighted by Crippen LogP contribution is 2.34. The van der Waals surface area contributed by atoms with Crippen LogP contribution in [0.3, 0.4) is 0 Å². The molecule has 7 nitrogen and oxygen atoms in total. The minimum atomic E-state index is -0.732. The fourth-order valence-electron chi connectivity index (χ4n) is 3.99. The first-order chi connectivity index (χ1) is 16.1. The number of amides is 1. The van der Waals surface area contributed by atoms with Crippen molar-refractivity contribution >= 4 is 32.6 Å². The Balaban J connectivity index is 1.36. The molecule has 0 bridgehead atoms. The van der Waals surface area contributed by atoms with E-state index in [2.05, 4.69) is 9.88 Å². The maximum atomic E-state index is 14.3. The zero-order chi connectivity index (χ0) is 22.8. The van der Waals surface area contributed by atoms with E-state index in [1.807, 2.05) is 6.07 Å². The summed E-state index contributed by atoms with van der Waals surface area (Å²) in [5.74, 6) is -0.311. The first kappa shape index (κ1) is 22.0. The average molecular weight is 476 g/mol. The number of carbonyl (C=O) groups excluding carboxylic acids is 1. The molecular formula is C23H23F2N3O4S. The fraction of sp³-hybridized carbons (Fsp3) is 0.391. The quantitative estimate of drug-likeness (QED) is 0.520. The molecule has 2 aliphatic rings. The third-order valence-corrected chi connectivity index (χ3v) is 6.71. The van der Waals surface area contributed by atoms with Crippen molar-refractivity contribution in [2.24, 2.45) is 0 Å². The van der Waals surface area contributed by atoms with Crippen LogP contribution < -0.4 is 14.4 Å². The first-order valence-corrected chi connectivity index (χ1v) is 11.6. The van der Waals surface area contributed by atoms with Gasteiger partial charge in [0.2, 0.25) is 12.7 Å². The van der Waals surface area contributed by atoms with Crippen molar-refractivity contribution in [3.05, 3.63) is 47.5 Å². The topological polar surface area (TPSA) is 64.1 Å². The molecule has 5 rings (SSSR count). The van der Waals surface area contributed by atoms with Crippen molar-refractivity contribution in [2.45, 2.75) is 12.8 Å². The van der Waals surface area contributed by atoms with E-state index in [0.717, 1.165) is 49.0 Å². The molecule has 3 aromatic rings. The molecule has 1 saturated heterocycles. The van der Waals surface area contributed by atoms with E-state index in [9.17, 15) is 13.6 Å². The smallest absolute Gasteiger partial charge is 0.233 e. The number of fused-ring (bicyclic) bond motifs is 2. The van der Waals surface area contributed by atoms with Gasteiger partial charge in [0.05, 0.1) is 24.3 Å². The van der Waals surface area contributed by atoms with E-state index in [4.69, 9.17) is 14.2 Å². The SMILES string of the molecule is O=C(Cc1ccc2c(c1)OCO2)N(CCCN1CCOCC1)c1nc2c(F)cc(F)cc2s1. The van der Waals surface area contributed by atoms with Crippen molar-refractivity contribution in [1.82, 2.24) is 9.88 Å². The summed E-state index contributed by atoms with van der Waals surface area (Å²) in [6.07, 6.45) is 0.848. The molecule has 0 radical (unpaired) electrons. The lowest BCUT2D eigenvalue weighted by Crippen LogP contribution is -2.39. The third-order valence-electron chi connectivity index (χ3n) is 5.69. The van der Waals surface area contributed by atoms with E-state index in [1.165, 1.54) is 6.07 Å². The van der Waals surface area contributed by atoms with Gasteiger partial charge in [-0.3, -0.25) is 14.6 Å². The van der Waals surface area contributed by atoms with Gasteiger partial charge in [-0.1, -0.05) is 17.4 Å². The molecule has 1 aromatic heterocycles. The highest BCUT2D eigenvalue weighted by Gasteiger charge is 2.23. The molecule has 1 amide bonds. The maximum Gasteiger partial charge on any atom is 0.233 e. The van der Waals surface area contributed by atoms with E-state index in [1.54, 1.807) is 17.0 Å². The number of aromatic nitrogens is 1. The molecular weight excluding hydrogens is 452 g/mol. The molecule has 0 spiro atoms. The van der Waals surface area contributed by atoms with Crippen LogP contribution >= 0.6 is 11.3 Å². The maximum absolute atomic E-state index is 14.3. The number of morpholine rings is 1. The summed E-state index contributed by atoms with van der Waals surface area (Å²) >= 11 is 1.11. The van der Waals surface area contributed by atoms with E-state index >= 15 is 0 Å². The Morgan fingerprint density at radius 2 is 1.94 bits per heavy atom. The number of thiazole rings is 1.